The molecule has 0 bridgehead atoms. The molecule has 2 N–H and O–H groups in total. The number of phosphoric acid groups is 1. The third-order valence-electron chi connectivity index (χ3n) is 8.02. The Morgan fingerprint density at radius 3 is 1.73 bits per heavy atom. The van der Waals surface area contributed by atoms with Gasteiger partial charge in [-0.05, 0) is 52.0 Å². The number of allylic oxidation sites excluding steroid dienone is 6. The fraction of sp³-hybridized carbons (Fsp3) is 0.795. The van der Waals surface area contributed by atoms with Crippen LogP contribution in [0.1, 0.15) is 162 Å². The molecule has 2 unspecified atom stereocenters. The summed E-state index contributed by atoms with van der Waals surface area (Å²) in [6, 6.07) is 0. The average molecular weight is 714 g/mol. The van der Waals surface area contributed by atoms with Gasteiger partial charge in [-0.25, -0.2) is 4.57 Å². The van der Waals surface area contributed by atoms with Crippen molar-refractivity contribution in [3.05, 3.63) is 36.5 Å². The minimum Gasteiger partial charge on any atom is -0.462 e. The molecule has 0 aromatic rings. The fourth-order valence-corrected chi connectivity index (χ4v) is 5.85. The van der Waals surface area contributed by atoms with Gasteiger partial charge in [-0.2, -0.15) is 0 Å². The van der Waals surface area contributed by atoms with E-state index in [1.807, 2.05) is 0 Å². The van der Waals surface area contributed by atoms with Gasteiger partial charge in [0.25, 0.3) is 0 Å². The molecule has 0 aliphatic heterocycles. The molecule has 0 heterocycles. The Morgan fingerprint density at radius 1 is 0.653 bits per heavy atom. The summed E-state index contributed by atoms with van der Waals surface area (Å²) in [5.41, 5.74) is 0. The van der Waals surface area contributed by atoms with E-state index in [1.54, 1.807) is 7.05 Å². The second kappa shape index (κ2) is 36.0. The normalized spacial score (nSPS) is 13.8. The average Bonchev–Trinajstić information content (AvgIpc) is 3.08. The Hall–Kier alpha value is -1.77. The lowest BCUT2D eigenvalue weighted by Crippen LogP contribution is -2.29. The minimum absolute atomic E-state index is 0.0194. The standard InChI is InChI=1S/C39H72NO8P/c1-4-6-8-10-12-14-16-18-19-20-22-23-25-27-29-31-38(41)45-35-37(36-47-49(43,44)46-34-33-40-3)48-39(42)32-30-28-26-24-21-17-15-13-11-9-7-5-2/h6,8,12,14,18-19,37,40H,4-5,7,9-11,13,15-17,20-36H2,1-3H3,(H,43,44)/b8-6-,14-12-,19-18-. The van der Waals surface area contributed by atoms with E-state index in [4.69, 9.17) is 18.5 Å². The van der Waals surface area contributed by atoms with Crippen LogP contribution in [-0.2, 0) is 32.7 Å². The van der Waals surface area contributed by atoms with Crippen LogP contribution in [-0.4, -0.2) is 56.3 Å². The molecule has 0 aromatic carbocycles. The Morgan fingerprint density at radius 2 is 1.16 bits per heavy atom. The van der Waals surface area contributed by atoms with E-state index in [1.165, 1.54) is 57.8 Å². The summed E-state index contributed by atoms with van der Waals surface area (Å²) in [6.45, 7) is 4.08. The first-order chi connectivity index (χ1) is 23.8. The second-order valence-corrected chi connectivity index (χ2v) is 14.2. The highest BCUT2D eigenvalue weighted by Crippen LogP contribution is 2.43. The van der Waals surface area contributed by atoms with Crippen molar-refractivity contribution in [2.24, 2.45) is 0 Å². The number of carbonyl (C=O) groups is 2. The van der Waals surface area contributed by atoms with Crippen LogP contribution in [0.5, 0.6) is 0 Å². The van der Waals surface area contributed by atoms with E-state index in [-0.39, 0.29) is 32.0 Å². The molecular weight excluding hydrogens is 641 g/mol. The monoisotopic (exact) mass is 713 g/mol. The van der Waals surface area contributed by atoms with Crippen LogP contribution in [0.2, 0.25) is 0 Å². The highest BCUT2D eigenvalue weighted by molar-refractivity contribution is 7.47. The van der Waals surface area contributed by atoms with Gasteiger partial charge >= 0.3 is 19.8 Å². The van der Waals surface area contributed by atoms with Crippen LogP contribution in [0.3, 0.4) is 0 Å². The smallest absolute Gasteiger partial charge is 0.462 e. The van der Waals surface area contributed by atoms with Gasteiger partial charge in [0.2, 0.25) is 0 Å². The zero-order chi connectivity index (χ0) is 36.1. The summed E-state index contributed by atoms with van der Waals surface area (Å²) < 4.78 is 33.0. The number of carbonyl (C=O) groups excluding carboxylic acids is 2. The third kappa shape index (κ3) is 35.8. The van der Waals surface area contributed by atoms with Crippen molar-refractivity contribution in [2.75, 3.05) is 33.4 Å². The molecule has 0 spiro atoms. The molecule has 0 amide bonds. The van der Waals surface area contributed by atoms with Crippen molar-refractivity contribution >= 4 is 19.8 Å². The third-order valence-corrected chi connectivity index (χ3v) is 9.01. The van der Waals surface area contributed by atoms with Crippen molar-refractivity contribution in [3.63, 3.8) is 0 Å². The summed E-state index contributed by atoms with van der Waals surface area (Å²) in [6.07, 6.45) is 36.1. The van der Waals surface area contributed by atoms with E-state index in [2.05, 4.69) is 55.6 Å². The van der Waals surface area contributed by atoms with Crippen LogP contribution in [0.4, 0.5) is 0 Å². The molecular formula is C39H72NO8P. The Labute approximate surface area is 299 Å². The van der Waals surface area contributed by atoms with E-state index >= 15 is 0 Å². The molecule has 10 heteroatoms. The Kier molecular flexibility index (Phi) is 34.7. The highest BCUT2D eigenvalue weighted by Gasteiger charge is 2.26. The van der Waals surface area contributed by atoms with Gasteiger partial charge in [0.1, 0.15) is 6.61 Å². The van der Waals surface area contributed by atoms with Gasteiger partial charge in [0.15, 0.2) is 6.10 Å². The lowest BCUT2D eigenvalue weighted by molar-refractivity contribution is -0.161. The fourth-order valence-electron chi connectivity index (χ4n) is 5.10. The summed E-state index contributed by atoms with van der Waals surface area (Å²) in [7, 11) is -2.65. The number of esters is 2. The maximum Gasteiger partial charge on any atom is 0.472 e. The lowest BCUT2D eigenvalue weighted by atomic mass is 10.0. The zero-order valence-electron chi connectivity index (χ0n) is 31.4. The molecule has 49 heavy (non-hydrogen) atoms. The molecule has 0 aromatic heterocycles. The number of hydrogen-bond donors (Lipinski definition) is 2. The van der Waals surface area contributed by atoms with Crippen molar-refractivity contribution < 1.29 is 37.6 Å². The van der Waals surface area contributed by atoms with Crippen molar-refractivity contribution in [3.8, 4) is 0 Å². The topological polar surface area (TPSA) is 120 Å². The van der Waals surface area contributed by atoms with Crippen LogP contribution in [0, 0.1) is 0 Å². The molecule has 2 atom stereocenters. The molecule has 0 saturated carbocycles. The number of unbranched alkanes of at least 4 members (excludes halogenated alkanes) is 16. The number of rotatable bonds is 36. The summed E-state index contributed by atoms with van der Waals surface area (Å²) >= 11 is 0. The van der Waals surface area contributed by atoms with Crippen molar-refractivity contribution in [2.45, 2.75) is 168 Å². The Balaban J connectivity index is 4.30. The van der Waals surface area contributed by atoms with Gasteiger partial charge in [0, 0.05) is 19.4 Å². The summed E-state index contributed by atoms with van der Waals surface area (Å²) in [4.78, 5) is 34.9. The van der Waals surface area contributed by atoms with E-state index in [0.29, 0.717) is 13.0 Å². The van der Waals surface area contributed by atoms with Crippen LogP contribution in [0.25, 0.3) is 0 Å². The van der Waals surface area contributed by atoms with Gasteiger partial charge in [0.05, 0.1) is 13.2 Å². The van der Waals surface area contributed by atoms with Gasteiger partial charge in [-0.1, -0.05) is 140 Å². The first-order valence-corrected chi connectivity index (χ1v) is 20.9. The number of nitrogens with one attached hydrogen (secondary N) is 1. The van der Waals surface area contributed by atoms with E-state index < -0.39 is 26.5 Å². The quantitative estimate of drug-likeness (QED) is 0.0283. The SMILES string of the molecule is CC/C=C\C/C=C\C/C=C\CCCCCCCC(=O)OCC(COP(=O)(O)OCCNC)OC(=O)CCCCCCCCCCCCCC. The van der Waals surface area contributed by atoms with E-state index in [0.717, 1.165) is 70.6 Å². The Bertz CT molecular complexity index is 907. The number of phosphoric ester groups is 1. The van der Waals surface area contributed by atoms with Crippen LogP contribution < -0.4 is 5.32 Å². The number of ether oxygens (including phenoxy) is 2. The maximum atomic E-state index is 12.5. The molecule has 0 aliphatic carbocycles. The van der Waals surface area contributed by atoms with Gasteiger partial charge < -0.3 is 19.7 Å². The molecule has 0 aliphatic rings. The van der Waals surface area contributed by atoms with Gasteiger partial charge in [-0.15, -0.1) is 0 Å². The highest BCUT2D eigenvalue weighted by atomic mass is 31.2. The van der Waals surface area contributed by atoms with Crippen LogP contribution in [0.15, 0.2) is 36.5 Å². The number of hydrogen-bond acceptors (Lipinski definition) is 8. The molecule has 0 rings (SSSR count). The predicted molar refractivity (Wildman–Crippen MR) is 201 cm³/mol. The molecule has 286 valence electrons. The minimum atomic E-state index is -4.34. The first-order valence-electron chi connectivity index (χ1n) is 19.4. The molecule has 0 radical (unpaired) electrons. The lowest BCUT2D eigenvalue weighted by Gasteiger charge is -2.20. The first kappa shape index (κ1) is 47.2. The van der Waals surface area contributed by atoms with Crippen molar-refractivity contribution in [1.82, 2.24) is 5.32 Å². The summed E-state index contributed by atoms with van der Waals surface area (Å²) in [5.74, 6) is -0.827. The maximum absolute atomic E-state index is 12.5. The second-order valence-electron chi connectivity index (χ2n) is 12.7. The van der Waals surface area contributed by atoms with Crippen LogP contribution >= 0.6 is 7.82 Å². The van der Waals surface area contributed by atoms with E-state index in [9.17, 15) is 19.0 Å². The van der Waals surface area contributed by atoms with Gasteiger partial charge in [-0.3, -0.25) is 18.6 Å². The van der Waals surface area contributed by atoms with Crippen molar-refractivity contribution in [1.29, 1.82) is 0 Å². The largest absolute Gasteiger partial charge is 0.472 e. The molecule has 0 saturated heterocycles. The predicted octanol–water partition coefficient (Wildman–Crippen LogP) is 10.5. The zero-order valence-corrected chi connectivity index (χ0v) is 32.3. The number of likely N-dealkylation sites (N-methyl/N-ethyl adjacent to an activating group) is 1. The summed E-state index contributed by atoms with van der Waals surface area (Å²) in [5, 5.41) is 2.82. The molecule has 9 nitrogen and oxygen atoms in total. The molecule has 0 fully saturated rings.